The molecule has 1 unspecified atom stereocenters. The topological polar surface area (TPSA) is 60.8 Å². The van der Waals surface area contributed by atoms with Crippen LogP contribution in [0.2, 0.25) is 0 Å². The first-order chi connectivity index (χ1) is 9.06. The molecular formula is C15H21NO3. The van der Waals surface area contributed by atoms with Gasteiger partial charge in [0.2, 0.25) is 0 Å². The van der Waals surface area contributed by atoms with Crippen molar-refractivity contribution < 1.29 is 15.0 Å². The number of aromatic hydroxyl groups is 1. The number of carboxylic acids is 1. The number of phenols is 1. The lowest BCUT2D eigenvalue weighted by atomic mass is 9.92. The van der Waals surface area contributed by atoms with E-state index in [9.17, 15) is 9.90 Å². The first kappa shape index (κ1) is 13.9. The van der Waals surface area contributed by atoms with E-state index in [1.54, 1.807) is 12.1 Å². The van der Waals surface area contributed by atoms with Crippen LogP contribution in [0.5, 0.6) is 5.75 Å². The molecule has 0 spiro atoms. The fraction of sp³-hybridized carbons (Fsp3) is 0.533. The van der Waals surface area contributed by atoms with E-state index in [-0.39, 0.29) is 12.5 Å². The van der Waals surface area contributed by atoms with Gasteiger partial charge in [-0.05, 0) is 56.5 Å². The second-order valence-electron chi connectivity index (χ2n) is 5.35. The molecule has 2 N–H and O–H groups in total. The molecule has 1 aromatic rings. The van der Waals surface area contributed by atoms with Crippen LogP contribution >= 0.6 is 0 Å². The Kier molecular flexibility index (Phi) is 4.43. The molecule has 1 aliphatic heterocycles. The smallest absolute Gasteiger partial charge is 0.303 e. The molecule has 4 nitrogen and oxygen atoms in total. The maximum atomic E-state index is 10.7. The summed E-state index contributed by atoms with van der Waals surface area (Å²) in [4.78, 5) is 13.1. The molecule has 1 heterocycles. The van der Waals surface area contributed by atoms with Crippen molar-refractivity contribution in [2.75, 3.05) is 13.1 Å². The van der Waals surface area contributed by atoms with Gasteiger partial charge in [-0.2, -0.15) is 0 Å². The summed E-state index contributed by atoms with van der Waals surface area (Å²) in [6.45, 7) is 3.98. The van der Waals surface area contributed by atoms with Gasteiger partial charge in [0, 0.05) is 12.5 Å². The van der Waals surface area contributed by atoms with Gasteiger partial charge in [-0.15, -0.1) is 0 Å². The summed E-state index contributed by atoms with van der Waals surface area (Å²) in [6, 6.07) is 7.62. The van der Waals surface area contributed by atoms with Crippen LogP contribution in [0.1, 0.15) is 37.8 Å². The summed E-state index contributed by atoms with van der Waals surface area (Å²) in [6.07, 6.45) is 2.17. The van der Waals surface area contributed by atoms with Gasteiger partial charge in [0.15, 0.2) is 0 Å². The van der Waals surface area contributed by atoms with Crippen LogP contribution in [0.3, 0.4) is 0 Å². The second-order valence-corrected chi connectivity index (χ2v) is 5.35. The third kappa shape index (κ3) is 3.70. The molecule has 0 saturated carbocycles. The molecule has 1 aliphatic rings. The molecule has 2 rings (SSSR count). The predicted molar refractivity (Wildman–Crippen MR) is 73.1 cm³/mol. The molecule has 0 amide bonds. The lowest BCUT2D eigenvalue weighted by Gasteiger charge is -2.35. The zero-order chi connectivity index (χ0) is 13.8. The molecule has 1 atom stereocenters. The Morgan fingerprint density at radius 1 is 1.42 bits per heavy atom. The highest BCUT2D eigenvalue weighted by atomic mass is 16.4. The monoisotopic (exact) mass is 263 g/mol. The van der Waals surface area contributed by atoms with Crippen molar-refractivity contribution in [3.8, 4) is 5.75 Å². The quantitative estimate of drug-likeness (QED) is 0.876. The zero-order valence-corrected chi connectivity index (χ0v) is 11.2. The van der Waals surface area contributed by atoms with Crippen molar-refractivity contribution in [3.63, 3.8) is 0 Å². The van der Waals surface area contributed by atoms with Crippen LogP contribution in [-0.2, 0) is 4.79 Å². The van der Waals surface area contributed by atoms with Gasteiger partial charge in [-0.3, -0.25) is 9.69 Å². The van der Waals surface area contributed by atoms with Gasteiger partial charge in [0.05, 0.1) is 0 Å². The maximum Gasteiger partial charge on any atom is 0.303 e. The van der Waals surface area contributed by atoms with E-state index >= 15 is 0 Å². The Balaban J connectivity index is 1.92. The third-order valence-corrected chi connectivity index (χ3v) is 4.01. The fourth-order valence-corrected chi connectivity index (χ4v) is 2.79. The minimum atomic E-state index is -0.695. The Bertz CT molecular complexity index is 439. The number of piperidine rings is 1. The number of carbonyl (C=O) groups is 1. The second kappa shape index (κ2) is 6.06. The molecule has 1 aromatic carbocycles. The summed E-state index contributed by atoms with van der Waals surface area (Å²) in [5, 5.41) is 18.3. The molecule has 1 fully saturated rings. The van der Waals surface area contributed by atoms with Gasteiger partial charge in [-0.25, -0.2) is 0 Å². The molecule has 19 heavy (non-hydrogen) atoms. The average Bonchev–Trinajstić information content (AvgIpc) is 2.38. The van der Waals surface area contributed by atoms with E-state index in [1.165, 1.54) is 0 Å². The fourth-order valence-electron chi connectivity index (χ4n) is 2.79. The molecule has 0 aromatic heterocycles. The molecule has 4 heteroatoms. The van der Waals surface area contributed by atoms with Crippen LogP contribution in [0.25, 0.3) is 0 Å². The van der Waals surface area contributed by atoms with E-state index in [1.807, 2.05) is 12.1 Å². The van der Waals surface area contributed by atoms with Crippen LogP contribution in [-0.4, -0.2) is 34.2 Å². The number of likely N-dealkylation sites (tertiary alicyclic amines) is 1. The van der Waals surface area contributed by atoms with Crippen LogP contribution in [0, 0.1) is 5.92 Å². The Hall–Kier alpha value is -1.55. The minimum absolute atomic E-state index is 0.262. The van der Waals surface area contributed by atoms with Gasteiger partial charge in [0.25, 0.3) is 0 Å². The van der Waals surface area contributed by atoms with E-state index in [2.05, 4.69) is 11.8 Å². The minimum Gasteiger partial charge on any atom is -0.508 e. The van der Waals surface area contributed by atoms with Crippen LogP contribution < -0.4 is 0 Å². The van der Waals surface area contributed by atoms with E-state index < -0.39 is 5.97 Å². The number of carboxylic acid groups (broad SMARTS) is 1. The highest BCUT2D eigenvalue weighted by Crippen LogP contribution is 2.29. The molecule has 0 bridgehead atoms. The van der Waals surface area contributed by atoms with Gasteiger partial charge in [-0.1, -0.05) is 12.1 Å². The first-order valence-electron chi connectivity index (χ1n) is 6.81. The van der Waals surface area contributed by atoms with Crippen LogP contribution in [0.4, 0.5) is 0 Å². The van der Waals surface area contributed by atoms with Crippen molar-refractivity contribution in [2.24, 2.45) is 5.92 Å². The Labute approximate surface area is 113 Å². The molecular weight excluding hydrogens is 242 g/mol. The number of nitrogens with zero attached hydrogens (tertiary/aromatic N) is 1. The Morgan fingerprint density at radius 2 is 2.11 bits per heavy atom. The van der Waals surface area contributed by atoms with Crippen molar-refractivity contribution in [1.29, 1.82) is 0 Å². The van der Waals surface area contributed by atoms with Gasteiger partial charge in [0.1, 0.15) is 5.75 Å². The largest absolute Gasteiger partial charge is 0.508 e. The summed E-state index contributed by atoms with van der Waals surface area (Å²) < 4.78 is 0. The lowest BCUT2D eigenvalue weighted by Crippen LogP contribution is -2.36. The van der Waals surface area contributed by atoms with Crippen molar-refractivity contribution >= 4 is 5.97 Å². The average molecular weight is 263 g/mol. The summed E-state index contributed by atoms with van der Waals surface area (Å²) >= 11 is 0. The van der Waals surface area contributed by atoms with Crippen molar-refractivity contribution in [3.05, 3.63) is 29.8 Å². The third-order valence-electron chi connectivity index (χ3n) is 4.01. The summed E-state index contributed by atoms with van der Waals surface area (Å²) in [5.41, 5.74) is 1.11. The number of benzene rings is 1. The SMILES string of the molecule is CC(c1cccc(O)c1)N1CCC(CC(=O)O)CC1. The molecule has 104 valence electrons. The number of hydrogen-bond acceptors (Lipinski definition) is 3. The van der Waals surface area contributed by atoms with E-state index in [4.69, 9.17) is 5.11 Å². The summed E-state index contributed by atoms with van der Waals surface area (Å²) in [5.74, 6) is -0.0882. The predicted octanol–water partition coefficient (Wildman–Crippen LogP) is 2.64. The number of hydrogen-bond donors (Lipinski definition) is 2. The molecule has 1 saturated heterocycles. The molecule has 0 radical (unpaired) electrons. The molecule has 0 aliphatic carbocycles. The van der Waals surface area contributed by atoms with Gasteiger partial charge >= 0.3 is 5.97 Å². The lowest BCUT2D eigenvalue weighted by molar-refractivity contribution is -0.138. The highest BCUT2D eigenvalue weighted by molar-refractivity contribution is 5.67. The standard InChI is InChI=1S/C15H21NO3/c1-11(13-3-2-4-14(17)10-13)16-7-5-12(6-8-16)9-15(18)19/h2-4,10-12,17H,5-9H2,1H3,(H,18,19). The van der Waals surface area contributed by atoms with E-state index in [0.717, 1.165) is 31.5 Å². The zero-order valence-electron chi connectivity index (χ0n) is 11.2. The van der Waals surface area contributed by atoms with E-state index in [0.29, 0.717) is 11.7 Å². The number of aliphatic carboxylic acids is 1. The highest BCUT2D eigenvalue weighted by Gasteiger charge is 2.24. The maximum absolute atomic E-state index is 10.7. The summed E-state index contributed by atoms with van der Waals surface area (Å²) in [7, 11) is 0. The number of phenolic OH excluding ortho intramolecular Hbond substituents is 1. The normalized spacial score (nSPS) is 19.2. The van der Waals surface area contributed by atoms with Crippen LogP contribution in [0.15, 0.2) is 24.3 Å². The van der Waals surface area contributed by atoms with Crippen molar-refractivity contribution in [2.45, 2.75) is 32.2 Å². The first-order valence-corrected chi connectivity index (χ1v) is 6.81. The number of rotatable bonds is 4. The van der Waals surface area contributed by atoms with Gasteiger partial charge < -0.3 is 10.2 Å². The van der Waals surface area contributed by atoms with Crippen molar-refractivity contribution in [1.82, 2.24) is 4.90 Å². The Morgan fingerprint density at radius 3 is 2.68 bits per heavy atom.